The lowest BCUT2D eigenvalue weighted by Crippen LogP contribution is -2.31. The van der Waals surface area contributed by atoms with Crippen LogP contribution in [0.3, 0.4) is 0 Å². The van der Waals surface area contributed by atoms with Gasteiger partial charge in [0.1, 0.15) is 12.1 Å². The van der Waals surface area contributed by atoms with E-state index >= 15 is 0 Å². The predicted octanol–water partition coefficient (Wildman–Crippen LogP) is 3.72. The van der Waals surface area contributed by atoms with Crippen LogP contribution < -0.4 is 10.1 Å². The Morgan fingerprint density at radius 2 is 2.07 bits per heavy atom. The summed E-state index contributed by atoms with van der Waals surface area (Å²) >= 11 is 7.11. The smallest absolute Gasteiger partial charge is 0.151 e. The Labute approximate surface area is 168 Å². The van der Waals surface area contributed by atoms with Crippen LogP contribution in [-0.4, -0.2) is 25.9 Å². The summed E-state index contributed by atoms with van der Waals surface area (Å²) in [5.74, 6) is 1.76. The molecule has 3 aromatic rings. The van der Waals surface area contributed by atoms with E-state index in [1.807, 2.05) is 12.1 Å². The van der Waals surface area contributed by atoms with Crippen LogP contribution >= 0.6 is 11.6 Å². The number of ether oxygens (including phenoxy) is 1. The number of pyridine rings is 1. The van der Waals surface area contributed by atoms with Crippen molar-refractivity contribution < 1.29 is 4.74 Å². The normalized spacial score (nSPS) is 24.1. The van der Waals surface area contributed by atoms with Crippen LogP contribution in [0.2, 0.25) is 0 Å². The molecule has 144 valence electrons. The van der Waals surface area contributed by atoms with E-state index in [1.165, 1.54) is 11.1 Å². The van der Waals surface area contributed by atoms with Crippen LogP contribution in [0.1, 0.15) is 42.6 Å². The van der Waals surface area contributed by atoms with Gasteiger partial charge in [0.15, 0.2) is 5.82 Å². The maximum atomic E-state index is 7.11. The van der Waals surface area contributed by atoms with Gasteiger partial charge in [0, 0.05) is 12.7 Å². The van der Waals surface area contributed by atoms with Crippen molar-refractivity contribution in [3.63, 3.8) is 0 Å². The van der Waals surface area contributed by atoms with Gasteiger partial charge in [-0.05, 0) is 55.0 Å². The van der Waals surface area contributed by atoms with Crippen molar-refractivity contribution in [3.05, 3.63) is 66.0 Å². The van der Waals surface area contributed by atoms with E-state index in [4.69, 9.17) is 16.3 Å². The predicted molar refractivity (Wildman–Crippen MR) is 107 cm³/mol. The summed E-state index contributed by atoms with van der Waals surface area (Å²) in [6.07, 6.45) is 9.14. The molecule has 1 aromatic carbocycles. The quantitative estimate of drug-likeness (QED) is 0.684. The molecule has 0 amide bonds. The third-order valence-corrected chi connectivity index (χ3v) is 6.33. The lowest BCUT2D eigenvalue weighted by molar-refractivity contribution is 0.138. The van der Waals surface area contributed by atoms with E-state index in [0.717, 1.165) is 49.5 Å². The van der Waals surface area contributed by atoms with Crippen LogP contribution in [0.25, 0.3) is 5.69 Å². The number of hydrogen-bond acceptors (Lipinski definition) is 5. The monoisotopic (exact) mass is 395 g/mol. The Kier molecular flexibility index (Phi) is 4.53. The molecule has 0 unspecified atom stereocenters. The molecule has 1 aliphatic heterocycles. The number of benzene rings is 1. The minimum absolute atomic E-state index is 0.193. The van der Waals surface area contributed by atoms with Crippen LogP contribution in [0, 0.1) is 0 Å². The molecular weight excluding hydrogens is 374 g/mol. The molecule has 1 saturated carbocycles. The van der Waals surface area contributed by atoms with Crippen LogP contribution in [0.4, 0.5) is 0 Å². The first-order valence-electron chi connectivity index (χ1n) is 9.70. The average Bonchev–Trinajstić information content (AvgIpc) is 3.12. The van der Waals surface area contributed by atoms with Crippen molar-refractivity contribution in [2.24, 2.45) is 0 Å². The van der Waals surface area contributed by atoms with Crippen molar-refractivity contribution >= 4 is 11.6 Å². The number of fused-ring (bicyclic) bond motifs is 3. The molecule has 0 saturated heterocycles. The van der Waals surface area contributed by atoms with Crippen molar-refractivity contribution in [2.75, 3.05) is 0 Å². The fraction of sp³-hybridized carbons (Fsp3) is 0.381. The van der Waals surface area contributed by atoms with Crippen molar-refractivity contribution in [2.45, 2.75) is 49.8 Å². The van der Waals surface area contributed by atoms with E-state index in [0.29, 0.717) is 6.54 Å². The molecule has 7 heteroatoms. The molecule has 2 aromatic heterocycles. The molecule has 1 aliphatic carbocycles. The Bertz CT molecular complexity index is 966. The minimum Gasteiger partial charge on any atom is -0.489 e. The molecule has 6 nitrogen and oxygen atoms in total. The molecule has 3 heterocycles. The van der Waals surface area contributed by atoms with Crippen LogP contribution in [-0.2, 0) is 18.0 Å². The Morgan fingerprint density at radius 3 is 2.89 bits per heavy atom. The lowest BCUT2D eigenvalue weighted by Gasteiger charge is -2.36. The van der Waals surface area contributed by atoms with Gasteiger partial charge in [0.05, 0.1) is 29.4 Å². The molecule has 1 fully saturated rings. The van der Waals surface area contributed by atoms with Gasteiger partial charge in [-0.15, -0.1) is 21.8 Å². The van der Waals surface area contributed by atoms with Gasteiger partial charge in [0.2, 0.25) is 0 Å². The SMILES string of the molecule is ClC1(c2ccc3c(c2)CNCc2nncn2-3)CCC(Oc2cccnc2)CC1. The summed E-state index contributed by atoms with van der Waals surface area (Å²) in [7, 11) is 0. The number of nitrogens with zero attached hydrogens (tertiary/aromatic N) is 4. The fourth-order valence-corrected chi connectivity index (χ4v) is 4.53. The minimum atomic E-state index is -0.341. The second kappa shape index (κ2) is 7.18. The van der Waals surface area contributed by atoms with Crippen molar-refractivity contribution in [1.29, 1.82) is 0 Å². The molecule has 0 spiro atoms. The Balaban J connectivity index is 1.34. The average molecular weight is 396 g/mol. The summed E-state index contributed by atoms with van der Waals surface area (Å²) in [5, 5.41) is 11.7. The van der Waals surface area contributed by atoms with E-state index in [-0.39, 0.29) is 11.0 Å². The number of aromatic nitrogens is 4. The zero-order valence-electron chi connectivity index (χ0n) is 15.5. The van der Waals surface area contributed by atoms with Gasteiger partial charge >= 0.3 is 0 Å². The van der Waals surface area contributed by atoms with E-state index in [2.05, 4.69) is 43.3 Å². The van der Waals surface area contributed by atoms with Gasteiger partial charge in [-0.2, -0.15) is 0 Å². The molecule has 2 aliphatic rings. The number of rotatable bonds is 3. The molecular formula is C21H22ClN5O. The second-order valence-electron chi connectivity index (χ2n) is 7.54. The fourth-order valence-electron chi connectivity index (χ4n) is 4.20. The van der Waals surface area contributed by atoms with Crippen molar-refractivity contribution in [1.82, 2.24) is 25.1 Å². The molecule has 28 heavy (non-hydrogen) atoms. The number of alkyl halides is 1. The van der Waals surface area contributed by atoms with Crippen LogP contribution in [0.15, 0.2) is 49.1 Å². The van der Waals surface area contributed by atoms with Gasteiger partial charge < -0.3 is 10.1 Å². The zero-order chi connectivity index (χ0) is 19.0. The Hall–Kier alpha value is -2.44. The van der Waals surface area contributed by atoms with Crippen LogP contribution in [0.5, 0.6) is 5.75 Å². The maximum absolute atomic E-state index is 7.11. The van der Waals surface area contributed by atoms with E-state index in [9.17, 15) is 0 Å². The maximum Gasteiger partial charge on any atom is 0.151 e. The first kappa shape index (κ1) is 17.6. The standard InChI is InChI=1S/C21H22ClN5O/c22-21(7-5-17(6-8-21)28-18-2-1-9-23-12-18)16-3-4-19-15(10-16)11-24-13-20-26-25-14-27(19)20/h1-4,9-10,12,14,17,24H,5-8,11,13H2. The van der Waals surface area contributed by atoms with E-state index in [1.54, 1.807) is 18.7 Å². The Morgan fingerprint density at radius 1 is 1.18 bits per heavy atom. The number of halogens is 1. The number of hydrogen-bond donors (Lipinski definition) is 1. The third kappa shape index (κ3) is 3.27. The molecule has 0 radical (unpaired) electrons. The second-order valence-corrected chi connectivity index (χ2v) is 8.26. The largest absolute Gasteiger partial charge is 0.489 e. The molecule has 0 atom stereocenters. The highest BCUT2D eigenvalue weighted by atomic mass is 35.5. The number of nitrogens with one attached hydrogen (secondary N) is 1. The molecule has 1 N–H and O–H groups in total. The molecule has 5 rings (SSSR count). The van der Waals surface area contributed by atoms with Gasteiger partial charge in [-0.25, -0.2) is 0 Å². The highest BCUT2D eigenvalue weighted by Gasteiger charge is 2.36. The molecule has 0 bridgehead atoms. The highest BCUT2D eigenvalue weighted by molar-refractivity contribution is 6.24. The summed E-state index contributed by atoms with van der Waals surface area (Å²) in [4.78, 5) is 3.78. The third-order valence-electron chi connectivity index (χ3n) is 5.74. The zero-order valence-corrected chi connectivity index (χ0v) is 16.3. The van der Waals surface area contributed by atoms with Gasteiger partial charge in [-0.3, -0.25) is 9.55 Å². The summed E-state index contributed by atoms with van der Waals surface area (Å²) in [6, 6.07) is 10.4. The summed E-state index contributed by atoms with van der Waals surface area (Å²) in [6.45, 7) is 1.51. The topological polar surface area (TPSA) is 64.9 Å². The van der Waals surface area contributed by atoms with Gasteiger partial charge in [-0.1, -0.05) is 12.1 Å². The van der Waals surface area contributed by atoms with E-state index < -0.39 is 0 Å². The first-order valence-corrected chi connectivity index (χ1v) is 10.1. The van der Waals surface area contributed by atoms with Crippen molar-refractivity contribution in [3.8, 4) is 11.4 Å². The first-order chi connectivity index (χ1) is 13.7. The highest BCUT2D eigenvalue weighted by Crippen LogP contribution is 2.44. The summed E-state index contributed by atoms with van der Waals surface area (Å²) < 4.78 is 8.13. The summed E-state index contributed by atoms with van der Waals surface area (Å²) in [5.41, 5.74) is 3.54. The lowest BCUT2D eigenvalue weighted by atomic mass is 9.81. The van der Waals surface area contributed by atoms with Gasteiger partial charge in [0.25, 0.3) is 0 Å².